The molecule has 0 atom stereocenters. The second-order valence-electron chi connectivity index (χ2n) is 5.97. The Morgan fingerprint density at radius 2 is 1.20 bits per heavy atom. The topological polar surface area (TPSA) is 18.5 Å². The summed E-state index contributed by atoms with van der Waals surface area (Å²) in [7, 11) is -0.225. The number of hydrogen-bond donors (Lipinski definition) is 0. The van der Waals surface area contributed by atoms with E-state index in [2.05, 4.69) is 63.6 Å². The Morgan fingerprint density at radius 1 is 0.850 bits per heavy atom. The van der Waals surface area contributed by atoms with Crippen molar-refractivity contribution in [1.82, 2.24) is 0 Å². The molecule has 0 spiro atoms. The van der Waals surface area contributed by atoms with Gasteiger partial charge in [-0.15, -0.1) is 0 Å². The van der Waals surface area contributed by atoms with Crippen LogP contribution in [0.2, 0.25) is 26.2 Å². The van der Waals surface area contributed by atoms with Gasteiger partial charge in [-0.1, -0.05) is 31.4 Å². The third-order valence-electron chi connectivity index (χ3n) is 4.03. The molecule has 0 N–H and O–H groups in total. The van der Waals surface area contributed by atoms with Crippen LogP contribution in [0.25, 0.3) is 10.4 Å². The molecule has 0 aromatic heterocycles. The van der Waals surface area contributed by atoms with Gasteiger partial charge in [-0.25, -0.2) is 0 Å². The standard InChI is InChI=1S/C16H26O2Si2/c1-13(19(5,6)17-3)15-10-9-11-16(12-15)14(2)20(7,8)18-4/h9-12H,1-2H2,3-8H3. The van der Waals surface area contributed by atoms with Gasteiger partial charge in [0.25, 0.3) is 0 Å². The highest BCUT2D eigenvalue weighted by molar-refractivity contribution is 6.90. The van der Waals surface area contributed by atoms with E-state index in [4.69, 9.17) is 8.85 Å². The largest absolute Gasteiger partial charge is 0.416 e. The third kappa shape index (κ3) is 3.58. The maximum Gasteiger partial charge on any atom is 0.217 e. The maximum absolute atomic E-state index is 5.64. The quantitative estimate of drug-likeness (QED) is 0.721. The van der Waals surface area contributed by atoms with E-state index in [1.807, 2.05) is 0 Å². The van der Waals surface area contributed by atoms with Gasteiger partial charge in [-0.05, 0) is 53.8 Å². The van der Waals surface area contributed by atoms with Crippen molar-refractivity contribution in [2.24, 2.45) is 0 Å². The van der Waals surface area contributed by atoms with Crippen LogP contribution in [0, 0.1) is 0 Å². The molecule has 0 aliphatic rings. The number of hydrogen-bond acceptors (Lipinski definition) is 2. The van der Waals surface area contributed by atoms with Gasteiger partial charge < -0.3 is 8.85 Å². The highest BCUT2D eigenvalue weighted by Gasteiger charge is 2.28. The minimum Gasteiger partial charge on any atom is -0.416 e. The van der Waals surface area contributed by atoms with Crippen molar-refractivity contribution >= 4 is 27.0 Å². The molecule has 0 unspecified atom stereocenters. The Bertz CT molecular complexity index is 476. The van der Waals surface area contributed by atoms with Gasteiger partial charge in [0.05, 0.1) is 0 Å². The lowest BCUT2D eigenvalue weighted by Crippen LogP contribution is -2.31. The van der Waals surface area contributed by atoms with Gasteiger partial charge in [0.1, 0.15) is 0 Å². The lowest BCUT2D eigenvalue weighted by atomic mass is 10.1. The van der Waals surface area contributed by atoms with Crippen molar-refractivity contribution in [2.45, 2.75) is 26.2 Å². The molecule has 0 heterocycles. The van der Waals surface area contributed by atoms with Crippen LogP contribution in [-0.4, -0.2) is 30.9 Å². The molecule has 0 aliphatic carbocycles. The van der Waals surface area contributed by atoms with Crippen LogP contribution < -0.4 is 0 Å². The van der Waals surface area contributed by atoms with E-state index in [1.165, 1.54) is 0 Å². The molecule has 0 amide bonds. The predicted octanol–water partition coefficient (Wildman–Crippen LogP) is 4.49. The summed E-state index contributed by atoms with van der Waals surface area (Å²) < 4.78 is 11.3. The van der Waals surface area contributed by atoms with Gasteiger partial charge in [0.2, 0.25) is 16.6 Å². The van der Waals surface area contributed by atoms with E-state index in [0.717, 1.165) is 21.5 Å². The Balaban J connectivity index is 3.16. The summed E-state index contributed by atoms with van der Waals surface area (Å²) in [4.78, 5) is 0. The van der Waals surface area contributed by atoms with Gasteiger partial charge in [0, 0.05) is 14.2 Å². The monoisotopic (exact) mass is 306 g/mol. The molecule has 110 valence electrons. The third-order valence-corrected chi connectivity index (χ3v) is 9.56. The fraction of sp³-hybridized carbons (Fsp3) is 0.375. The van der Waals surface area contributed by atoms with Crippen molar-refractivity contribution in [2.75, 3.05) is 14.2 Å². The minimum atomic E-state index is -1.88. The minimum absolute atomic E-state index is 1.10. The van der Waals surface area contributed by atoms with Crippen LogP contribution in [0.4, 0.5) is 0 Å². The van der Waals surface area contributed by atoms with Crippen molar-refractivity contribution in [3.05, 3.63) is 48.6 Å². The van der Waals surface area contributed by atoms with E-state index in [0.29, 0.717) is 0 Å². The number of benzene rings is 1. The first-order valence-corrected chi connectivity index (χ1v) is 12.6. The SMILES string of the molecule is C=C(c1cccc(C(=C)[Si](C)(C)OC)c1)[Si](C)(C)OC. The van der Waals surface area contributed by atoms with Crippen LogP contribution in [0.15, 0.2) is 37.4 Å². The zero-order chi connectivity index (χ0) is 15.6. The maximum atomic E-state index is 5.64. The Morgan fingerprint density at radius 3 is 1.50 bits per heavy atom. The molecule has 0 aliphatic heterocycles. The Labute approximate surface area is 125 Å². The molecule has 4 heteroatoms. The zero-order valence-corrected chi connectivity index (χ0v) is 15.5. The number of rotatable bonds is 6. The summed E-state index contributed by atoms with van der Waals surface area (Å²) in [6, 6.07) is 8.40. The highest BCUT2D eigenvalue weighted by atomic mass is 28.4. The van der Waals surface area contributed by atoms with Gasteiger partial charge in [-0.2, -0.15) is 0 Å². The normalized spacial score (nSPS) is 12.3. The van der Waals surface area contributed by atoms with E-state index >= 15 is 0 Å². The lowest BCUT2D eigenvalue weighted by molar-refractivity contribution is 0.417. The molecule has 0 saturated heterocycles. The van der Waals surface area contributed by atoms with E-state index < -0.39 is 16.6 Å². The van der Waals surface area contributed by atoms with E-state index in [1.54, 1.807) is 14.2 Å². The van der Waals surface area contributed by atoms with Crippen LogP contribution >= 0.6 is 0 Å². The molecule has 2 nitrogen and oxygen atoms in total. The van der Waals surface area contributed by atoms with E-state index in [-0.39, 0.29) is 0 Å². The molecule has 0 fully saturated rings. The molecular weight excluding hydrogens is 280 g/mol. The molecule has 20 heavy (non-hydrogen) atoms. The Hall–Kier alpha value is -0.946. The first-order chi connectivity index (χ1) is 9.15. The molecule has 1 rings (SSSR count). The summed E-state index contributed by atoms with van der Waals surface area (Å²) in [5.74, 6) is 0. The first-order valence-electron chi connectivity index (χ1n) is 6.75. The van der Waals surface area contributed by atoms with E-state index in [9.17, 15) is 0 Å². The first kappa shape index (κ1) is 17.1. The summed E-state index contributed by atoms with van der Waals surface area (Å²) in [5.41, 5.74) is 2.28. The molecule has 1 aromatic carbocycles. The van der Waals surface area contributed by atoms with Gasteiger partial charge in [-0.3, -0.25) is 0 Å². The fourth-order valence-electron chi connectivity index (χ4n) is 1.84. The molecule has 1 aromatic rings. The molecular formula is C16H26O2Si2. The van der Waals surface area contributed by atoms with Crippen LogP contribution in [0.1, 0.15) is 11.1 Å². The average molecular weight is 307 g/mol. The average Bonchev–Trinajstić information content (AvgIpc) is 2.45. The van der Waals surface area contributed by atoms with Gasteiger partial charge in [0.15, 0.2) is 0 Å². The second-order valence-corrected chi connectivity index (χ2v) is 14.0. The smallest absolute Gasteiger partial charge is 0.217 e. The zero-order valence-electron chi connectivity index (χ0n) is 13.5. The summed E-state index contributed by atoms with van der Waals surface area (Å²) in [5, 5.41) is 2.21. The van der Waals surface area contributed by atoms with Crippen molar-refractivity contribution in [1.29, 1.82) is 0 Å². The van der Waals surface area contributed by atoms with Crippen molar-refractivity contribution in [3.63, 3.8) is 0 Å². The predicted molar refractivity (Wildman–Crippen MR) is 93.5 cm³/mol. The van der Waals surface area contributed by atoms with Gasteiger partial charge >= 0.3 is 0 Å². The van der Waals surface area contributed by atoms with Crippen molar-refractivity contribution < 1.29 is 8.85 Å². The fourth-order valence-corrected chi connectivity index (χ4v) is 4.03. The molecule has 0 radical (unpaired) electrons. The lowest BCUT2D eigenvalue weighted by Gasteiger charge is -2.26. The molecule has 0 bridgehead atoms. The Kier molecular flexibility index (Phi) is 5.32. The second kappa shape index (κ2) is 6.22. The summed E-state index contributed by atoms with van der Waals surface area (Å²) in [6.45, 7) is 17.1. The van der Waals surface area contributed by atoms with Crippen LogP contribution in [0.3, 0.4) is 0 Å². The summed E-state index contributed by atoms with van der Waals surface area (Å²) in [6.07, 6.45) is 0. The highest BCUT2D eigenvalue weighted by Crippen LogP contribution is 2.29. The summed E-state index contributed by atoms with van der Waals surface area (Å²) >= 11 is 0. The molecule has 0 saturated carbocycles. The van der Waals surface area contributed by atoms with Crippen molar-refractivity contribution in [3.8, 4) is 0 Å². The van der Waals surface area contributed by atoms with Crippen LogP contribution in [0.5, 0.6) is 0 Å². The van der Waals surface area contributed by atoms with Crippen LogP contribution in [-0.2, 0) is 8.85 Å².